The molecule has 1 aliphatic carbocycles. The van der Waals surface area contributed by atoms with Crippen molar-refractivity contribution < 1.29 is 0 Å². The van der Waals surface area contributed by atoms with Crippen molar-refractivity contribution in [3.05, 3.63) is 36.4 Å². The predicted octanol–water partition coefficient (Wildman–Crippen LogP) is 4.15. The summed E-state index contributed by atoms with van der Waals surface area (Å²) in [4.78, 5) is 7.69. The zero-order valence-electron chi connectivity index (χ0n) is 10.2. The third-order valence-corrected chi connectivity index (χ3v) is 6.25. The number of nitrogens with zero attached hydrogens (tertiary/aromatic N) is 1. The van der Waals surface area contributed by atoms with Gasteiger partial charge in [-0.2, -0.15) is 0 Å². The Kier molecular flexibility index (Phi) is 3.84. The van der Waals surface area contributed by atoms with Crippen molar-refractivity contribution in [1.82, 2.24) is 10.3 Å². The third-order valence-electron chi connectivity index (χ3n) is 3.27. The summed E-state index contributed by atoms with van der Waals surface area (Å²) in [7, 11) is 2.01. The molecule has 0 saturated carbocycles. The minimum atomic E-state index is 0.247. The SMILES string of the molecule is CNC(c1cc(Br)cs1)c1nc2c(s1)CCCC2. The van der Waals surface area contributed by atoms with E-state index in [0.29, 0.717) is 0 Å². The Labute approximate surface area is 124 Å². The molecule has 2 heterocycles. The lowest BCUT2D eigenvalue weighted by Crippen LogP contribution is -2.16. The molecule has 0 fully saturated rings. The van der Waals surface area contributed by atoms with Crippen LogP contribution in [0, 0.1) is 0 Å². The topological polar surface area (TPSA) is 24.9 Å². The van der Waals surface area contributed by atoms with E-state index in [1.165, 1.54) is 39.7 Å². The summed E-state index contributed by atoms with van der Waals surface area (Å²) in [5, 5.41) is 6.75. The highest BCUT2D eigenvalue weighted by Gasteiger charge is 2.22. The average molecular weight is 343 g/mol. The summed E-state index contributed by atoms with van der Waals surface area (Å²) in [6.45, 7) is 0. The number of aryl methyl sites for hydroxylation is 2. The second kappa shape index (κ2) is 5.41. The van der Waals surface area contributed by atoms with E-state index >= 15 is 0 Å². The summed E-state index contributed by atoms with van der Waals surface area (Å²) in [5.74, 6) is 0. The fraction of sp³-hybridized carbons (Fsp3) is 0.462. The fourth-order valence-electron chi connectivity index (χ4n) is 2.36. The van der Waals surface area contributed by atoms with Crippen LogP contribution in [0.25, 0.3) is 0 Å². The number of hydrogen-bond acceptors (Lipinski definition) is 4. The van der Waals surface area contributed by atoms with Crippen LogP contribution >= 0.6 is 38.6 Å². The van der Waals surface area contributed by atoms with Gasteiger partial charge in [0.05, 0.1) is 11.7 Å². The van der Waals surface area contributed by atoms with Crippen molar-refractivity contribution in [2.45, 2.75) is 31.7 Å². The zero-order valence-corrected chi connectivity index (χ0v) is 13.4. The molecule has 2 aromatic heterocycles. The van der Waals surface area contributed by atoms with Crippen molar-refractivity contribution in [3.63, 3.8) is 0 Å². The molecule has 2 aromatic rings. The second-order valence-electron chi connectivity index (χ2n) is 4.52. The van der Waals surface area contributed by atoms with Crippen LogP contribution in [0.4, 0.5) is 0 Å². The monoisotopic (exact) mass is 342 g/mol. The number of rotatable bonds is 3. The molecule has 0 spiro atoms. The Morgan fingerprint density at radius 2 is 2.22 bits per heavy atom. The average Bonchev–Trinajstić information content (AvgIpc) is 2.96. The number of hydrogen-bond donors (Lipinski definition) is 1. The molecule has 1 aliphatic rings. The highest BCUT2D eigenvalue weighted by atomic mass is 79.9. The smallest absolute Gasteiger partial charge is 0.115 e. The van der Waals surface area contributed by atoms with Crippen LogP contribution in [0.3, 0.4) is 0 Å². The second-order valence-corrected chi connectivity index (χ2v) is 7.49. The van der Waals surface area contributed by atoms with Gasteiger partial charge >= 0.3 is 0 Å². The van der Waals surface area contributed by atoms with Crippen LogP contribution in [0.5, 0.6) is 0 Å². The minimum absolute atomic E-state index is 0.247. The molecule has 0 saturated heterocycles. The summed E-state index contributed by atoms with van der Waals surface area (Å²) >= 11 is 7.19. The van der Waals surface area contributed by atoms with Crippen LogP contribution in [0.2, 0.25) is 0 Å². The molecule has 1 atom stereocenters. The quantitative estimate of drug-likeness (QED) is 0.905. The largest absolute Gasteiger partial charge is 0.307 e. The molecule has 2 nitrogen and oxygen atoms in total. The Bertz CT molecular complexity index is 523. The Hall–Kier alpha value is -0.230. The molecule has 0 radical (unpaired) electrons. The maximum Gasteiger partial charge on any atom is 0.115 e. The van der Waals surface area contributed by atoms with Crippen molar-refractivity contribution in [1.29, 1.82) is 0 Å². The molecule has 18 heavy (non-hydrogen) atoms. The molecule has 5 heteroatoms. The summed E-state index contributed by atoms with van der Waals surface area (Å²) in [5.41, 5.74) is 1.34. The number of thiazole rings is 1. The first kappa shape index (κ1) is 12.8. The maximum absolute atomic E-state index is 4.85. The van der Waals surface area contributed by atoms with Gasteiger partial charge in [-0.25, -0.2) is 4.98 Å². The Morgan fingerprint density at radius 3 is 2.89 bits per heavy atom. The first-order chi connectivity index (χ1) is 8.78. The molecular weight excluding hydrogens is 328 g/mol. The van der Waals surface area contributed by atoms with E-state index in [1.807, 2.05) is 18.4 Å². The summed E-state index contributed by atoms with van der Waals surface area (Å²) in [6, 6.07) is 2.43. The molecule has 3 rings (SSSR count). The van der Waals surface area contributed by atoms with Crippen LogP contribution in [-0.2, 0) is 12.8 Å². The molecule has 1 N–H and O–H groups in total. The van der Waals surface area contributed by atoms with E-state index in [1.54, 1.807) is 11.3 Å². The van der Waals surface area contributed by atoms with E-state index in [4.69, 9.17) is 4.98 Å². The summed E-state index contributed by atoms with van der Waals surface area (Å²) in [6.07, 6.45) is 5.00. The van der Waals surface area contributed by atoms with Crippen LogP contribution in [0.1, 0.15) is 39.3 Å². The first-order valence-corrected chi connectivity index (χ1v) is 8.66. The third kappa shape index (κ3) is 2.41. The Morgan fingerprint density at radius 1 is 1.39 bits per heavy atom. The van der Waals surface area contributed by atoms with Gasteiger partial charge in [0.2, 0.25) is 0 Å². The van der Waals surface area contributed by atoms with Crippen molar-refractivity contribution >= 4 is 38.6 Å². The van der Waals surface area contributed by atoms with Crippen molar-refractivity contribution in [3.8, 4) is 0 Å². The molecule has 1 unspecified atom stereocenters. The maximum atomic E-state index is 4.85. The lowest BCUT2D eigenvalue weighted by atomic mass is 10.0. The first-order valence-electron chi connectivity index (χ1n) is 6.17. The van der Waals surface area contributed by atoms with E-state index in [0.717, 1.165) is 10.9 Å². The zero-order chi connectivity index (χ0) is 12.5. The normalized spacial score (nSPS) is 16.6. The van der Waals surface area contributed by atoms with Gasteiger partial charge in [0, 0.05) is 19.6 Å². The van der Waals surface area contributed by atoms with Crippen LogP contribution in [0.15, 0.2) is 15.9 Å². The number of nitrogens with one attached hydrogen (secondary N) is 1. The van der Waals surface area contributed by atoms with E-state index < -0.39 is 0 Å². The van der Waals surface area contributed by atoms with Gasteiger partial charge in [0.25, 0.3) is 0 Å². The number of fused-ring (bicyclic) bond motifs is 1. The van der Waals surface area contributed by atoms with Gasteiger partial charge in [0.15, 0.2) is 0 Å². The predicted molar refractivity (Wildman–Crippen MR) is 81.7 cm³/mol. The molecule has 0 aromatic carbocycles. The van der Waals surface area contributed by atoms with E-state index in [2.05, 4.69) is 32.7 Å². The standard InChI is InChI=1S/C13H15BrN2S2/c1-15-12(11-6-8(14)7-17-11)13-16-9-4-2-3-5-10(9)18-13/h6-7,12,15H,2-5H2,1H3. The van der Waals surface area contributed by atoms with Crippen LogP contribution in [-0.4, -0.2) is 12.0 Å². The van der Waals surface area contributed by atoms with E-state index in [-0.39, 0.29) is 6.04 Å². The van der Waals surface area contributed by atoms with Gasteiger partial charge in [-0.1, -0.05) is 0 Å². The van der Waals surface area contributed by atoms with Crippen LogP contribution < -0.4 is 5.32 Å². The molecule has 96 valence electrons. The van der Waals surface area contributed by atoms with Gasteiger partial charge in [0.1, 0.15) is 5.01 Å². The summed E-state index contributed by atoms with van der Waals surface area (Å²) < 4.78 is 1.16. The lowest BCUT2D eigenvalue weighted by Gasteiger charge is -2.10. The van der Waals surface area contributed by atoms with Gasteiger partial charge < -0.3 is 5.32 Å². The molecular formula is C13H15BrN2S2. The number of thiophene rings is 1. The minimum Gasteiger partial charge on any atom is -0.307 e. The fourth-order valence-corrected chi connectivity index (χ4v) is 5.28. The highest BCUT2D eigenvalue weighted by Crippen LogP contribution is 2.35. The number of aromatic nitrogens is 1. The highest BCUT2D eigenvalue weighted by molar-refractivity contribution is 9.10. The lowest BCUT2D eigenvalue weighted by molar-refractivity contribution is 0.665. The van der Waals surface area contributed by atoms with Crippen molar-refractivity contribution in [2.75, 3.05) is 7.05 Å². The number of halogens is 1. The molecule has 0 aliphatic heterocycles. The van der Waals surface area contributed by atoms with E-state index in [9.17, 15) is 0 Å². The molecule has 0 amide bonds. The van der Waals surface area contributed by atoms with Gasteiger partial charge in [-0.05, 0) is 54.7 Å². The van der Waals surface area contributed by atoms with Gasteiger partial charge in [-0.15, -0.1) is 22.7 Å². The van der Waals surface area contributed by atoms with Crippen molar-refractivity contribution in [2.24, 2.45) is 0 Å². The Balaban J connectivity index is 1.94. The van der Waals surface area contributed by atoms with Gasteiger partial charge in [-0.3, -0.25) is 0 Å². The molecule has 0 bridgehead atoms.